The normalized spacial score (nSPS) is 12.0. The summed E-state index contributed by atoms with van der Waals surface area (Å²) in [5, 5.41) is 11.4. The Balaban J connectivity index is 2.61. The lowest BCUT2D eigenvalue weighted by atomic mass is 10.2. The molecule has 2 N–H and O–H groups in total. The number of amides is 1. The molecule has 0 aliphatic carbocycles. The molecule has 110 valence electrons. The molecule has 0 aliphatic rings. The smallest absolute Gasteiger partial charge is 0.326 e. The van der Waals surface area contributed by atoms with E-state index in [0.717, 1.165) is 20.5 Å². The molecule has 1 rings (SSSR count). The highest BCUT2D eigenvalue weighted by Crippen LogP contribution is 2.28. The first-order valence-electron chi connectivity index (χ1n) is 6.26. The van der Waals surface area contributed by atoms with Crippen LogP contribution in [-0.2, 0) is 9.59 Å². The van der Waals surface area contributed by atoms with E-state index < -0.39 is 12.0 Å². The molecule has 4 nitrogen and oxygen atoms in total. The number of benzene rings is 1. The van der Waals surface area contributed by atoms with Gasteiger partial charge in [-0.2, -0.15) is 0 Å². The number of carbonyl (C=O) groups is 2. The fraction of sp³-hybridized carbons (Fsp3) is 0.429. The van der Waals surface area contributed by atoms with Crippen LogP contribution in [0.5, 0.6) is 0 Å². The van der Waals surface area contributed by atoms with E-state index in [0.29, 0.717) is 6.42 Å². The molecule has 0 aromatic heterocycles. The molecule has 20 heavy (non-hydrogen) atoms. The van der Waals surface area contributed by atoms with Crippen molar-refractivity contribution in [2.24, 2.45) is 0 Å². The molecule has 1 aromatic rings. The van der Waals surface area contributed by atoms with Gasteiger partial charge in [-0.1, -0.05) is 22.9 Å². The molecule has 0 radical (unpaired) electrons. The van der Waals surface area contributed by atoms with Gasteiger partial charge in [0.25, 0.3) is 0 Å². The highest BCUT2D eigenvalue weighted by Gasteiger charge is 2.17. The number of nitrogens with one attached hydrogen (secondary N) is 1. The number of rotatable bonds is 6. The number of hydrogen-bond donors (Lipinski definition) is 2. The summed E-state index contributed by atoms with van der Waals surface area (Å²) in [5.74, 6) is -1.04. The lowest BCUT2D eigenvalue weighted by Crippen LogP contribution is -2.41. The van der Waals surface area contributed by atoms with Crippen molar-refractivity contribution in [3.05, 3.63) is 27.7 Å². The van der Waals surface area contributed by atoms with Crippen LogP contribution in [0.3, 0.4) is 0 Å². The second-order valence-electron chi connectivity index (χ2n) is 4.52. The van der Waals surface area contributed by atoms with Crippen LogP contribution in [0.4, 0.5) is 0 Å². The van der Waals surface area contributed by atoms with Crippen molar-refractivity contribution >= 4 is 39.6 Å². The zero-order valence-electron chi connectivity index (χ0n) is 11.7. The summed E-state index contributed by atoms with van der Waals surface area (Å²) >= 11 is 4.88. The summed E-state index contributed by atoms with van der Waals surface area (Å²) in [6.07, 6.45) is 0.377. The second kappa shape index (κ2) is 7.69. The molecular formula is C14H18BrNO3S. The molecule has 0 unspecified atom stereocenters. The monoisotopic (exact) mass is 359 g/mol. The van der Waals surface area contributed by atoms with Crippen LogP contribution >= 0.6 is 27.7 Å². The van der Waals surface area contributed by atoms with Gasteiger partial charge in [0.15, 0.2) is 0 Å². The quantitative estimate of drug-likeness (QED) is 0.765. The Kier molecular flexibility index (Phi) is 6.55. The van der Waals surface area contributed by atoms with Crippen molar-refractivity contribution in [3.8, 4) is 0 Å². The molecule has 1 aromatic carbocycles. The highest BCUT2D eigenvalue weighted by molar-refractivity contribution is 9.10. The van der Waals surface area contributed by atoms with Crippen molar-refractivity contribution < 1.29 is 14.7 Å². The number of carboxylic acids is 1. The van der Waals surface area contributed by atoms with Gasteiger partial charge < -0.3 is 10.4 Å². The van der Waals surface area contributed by atoms with Crippen LogP contribution in [0.25, 0.3) is 0 Å². The van der Waals surface area contributed by atoms with Gasteiger partial charge in [0.05, 0.1) is 5.75 Å². The fourth-order valence-electron chi connectivity index (χ4n) is 1.63. The largest absolute Gasteiger partial charge is 0.480 e. The van der Waals surface area contributed by atoms with Crippen LogP contribution in [0.15, 0.2) is 21.5 Å². The Morgan fingerprint density at radius 2 is 2.00 bits per heavy atom. The second-order valence-corrected chi connectivity index (χ2v) is 6.39. The average molecular weight is 360 g/mol. The summed E-state index contributed by atoms with van der Waals surface area (Å²) < 4.78 is 1.04. The third-order valence-corrected chi connectivity index (χ3v) is 4.87. The van der Waals surface area contributed by atoms with Crippen LogP contribution < -0.4 is 5.32 Å². The minimum absolute atomic E-state index is 0.214. The van der Waals surface area contributed by atoms with E-state index in [2.05, 4.69) is 21.2 Å². The van der Waals surface area contributed by atoms with Gasteiger partial charge in [0.1, 0.15) is 6.04 Å². The number of hydrogen-bond acceptors (Lipinski definition) is 3. The molecule has 0 bridgehead atoms. The number of carbonyl (C=O) groups excluding carboxylic acids is 1. The summed E-state index contributed by atoms with van der Waals surface area (Å²) in [5.41, 5.74) is 2.20. The number of thioether (sulfide) groups is 1. The molecule has 0 saturated heterocycles. The Morgan fingerprint density at radius 3 is 2.55 bits per heavy atom. The van der Waals surface area contributed by atoms with Crippen molar-refractivity contribution in [2.75, 3.05) is 5.75 Å². The van der Waals surface area contributed by atoms with Crippen LogP contribution in [0, 0.1) is 13.8 Å². The number of aliphatic carboxylic acids is 1. The Hall–Kier alpha value is -1.01. The number of halogens is 1. The summed E-state index contributed by atoms with van der Waals surface area (Å²) in [4.78, 5) is 23.6. The molecular weight excluding hydrogens is 342 g/mol. The third-order valence-electron chi connectivity index (χ3n) is 2.86. The van der Waals surface area contributed by atoms with Crippen molar-refractivity contribution in [2.45, 2.75) is 38.1 Å². The third kappa shape index (κ3) is 4.83. The SMILES string of the molecule is CC[C@@H](NC(=O)CSc1cc(C)c(Br)cc1C)C(=O)O. The van der Waals surface area contributed by atoms with E-state index in [1.807, 2.05) is 26.0 Å². The van der Waals surface area contributed by atoms with E-state index in [1.54, 1.807) is 6.92 Å². The topological polar surface area (TPSA) is 66.4 Å². The Morgan fingerprint density at radius 1 is 1.35 bits per heavy atom. The maximum absolute atomic E-state index is 11.7. The Labute approximate surface area is 131 Å². The van der Waals surface area contributed by atoms with Crippen molar-refractivity contribution in [1.82, 2.24) is 5.32 Å². The van der Waals surface area contributed by atoms with E-state index in [9.17, 15) is 9.59 Å². The summed E-state index contributed by atoms with van der Waals surface area (Å²) in [6, 6.07) is 3.23. The fourth-order valence-corrected chi connectivity index (χ4v) is 3.00. The molecule has 6 heteroatoms. The molecule has 0 saturated carbocycles. The zero-order valence-corrected chi connectivity index (χ0v) is 14.1. The van der Waals surface area contributed by atoms with Crippen molar-refractivity contribution in [3.63, 3.8) is 0 Å². The van der Waals surface area contributed by atoms with Gasteiger partial charge in [0.2, 0.25) is 5.91 Å². The van der Waals surface area contributed by atoms with Crippen molar-refractivity contribution in [1.29, 1.82) is 0 Å². The first-order valence-corrected chi connectivity index (χ1v) is 8.04. The molecule has 0 aliphatic heterocycles. The number of carboxylic acid groups (broad SMARTS) is 1. The highest BCUT2D eigenvalue weighted by atomic mass is 79.9. The molecule has 1 atom stereocenters. The maximum Gasteiger partial charge on any atom is 0.326 e. The Bertz CT molecular complexity index is 519. The minimum Gasteiger partial charge on any atom is -0.480 e. The van der Waals surface area contributed by atoms with Gasteiger partial charge in [-0.25, -0.2) is 4.79 Å². The first-order chi connectivity index (χ1) is 9.35. The number of aryl methyl sites for hydroxylation is 2. The summed E-state index contributed by atoms with van der Waals surface area (Å²) in [6.45, 7) is 5.70. The minimum atomic E-state index is -0.999. The zero-order chi connectivity index (χ0) is 15.3. The predicted octanol–water partition coefficient (Wildman–Crippen LogP) is 3.14. The van der Waals surface area contributed by atoms with Crippen LogP contribution in [0.1, 0.15) is 24.5 Å². The molecule has 1 amide bonds. The van der Waals surface area contributed by atoms with Crippen LogP contribution in [-0.4, -0.2) is 28.8 Å². The van der Waals surface area contributed by atoms with Gasteiger partial charge in [-0.3, -0.25) is 4.79 Å². The van der Waals surface area contributed by atoms with E-state index in [-0.39, 0.29) is 11.7 Å². The molecule has 0 spiro atoms. The van der Waals surface area contributed by atoms with Gasteiger partial charge in [-0.15, -0.1) is 11.8 Å². The molecule has 0 fully saturated rings. The molecule has 0 heterocycles. The van der Waals surface area contributed by atoms with E-state index in [1.165, 1.54) is 11.8 Å². The summed E-state index contributed by atoms with van der Waals surface area (Å²) in [7, 11) is 0. The maximum atomic E-state index is 11.7. The lowest BCUT2D eigenvalue weighted by molar-refractivity contribution is -0.141. The van der Waals surface area contributed by atoms with Gasteiger partial charge >= 0.3 is 5.97 Å². The van der Waals surface area contributed by atoms with E-state index >= 15 is 0 Å². The average Bonchev–Trinajstić information content (AvgIpc) is 2.38. The lowest BCUT2D eigenvalue weighted by Gasteiger charge is -2.13. The van der Waals surface area contributed by atoms with Crippen LogP contribution in [0.2, 0.25) is 0 Å². The first kappa shape index (κ1) is 17.0. The standard InChI is InChI=1S/C14H18BrNO3S/c1-4-11(14(18)19)16-13(17)7-20-12-6-8(2)10(15)5-9(12)3/h5-6,11H,4,7H2,1-3H3,(H,16,17)(H,18,19)/t11-/m1/s1. The van der Waals surface area contributed by atoms with Gasteiger partial charge in [0, 0.05) is 9.37 Å². The predicted molar refractivity (Wildman–Crippen MR) is 84.2 cm³/mol. The van der Waals surface area contributed by atoms with Gasteiger partial charge in [-0.05, 0) is 43.5 Å². The van der Waals surface area contributed by atoms with E-state index in [4.69, 9.17) is 5.11 Å².